The second kappa shape index (κ2) is 7.19. The van der Waals surface area contributed by atoms with Crippen LogP contribution in [-0.2, 0) is 17.9 Å². The number of aliphatic hydroxyl groups excluding tert-OH is 1. The van der Waals surface area contributed by atoms with Crippen molar-refractivity contribution in [2.75, 3.05) is 32.7 Å². The molecule has 0 aliphatic carbocycles. The van der Waals surface area contributed by atoms with Gasteiger partial charge < -0.3 is 10.0 Å². The smallest absolute Gasteiger partial charge is 0.236 e. The normalized spacial score (nSPS) is 23.1. The van der Waals surface area contributed by atoms with Crippen molar-refractivity contribution in [1.29, 1.82) is 0 Å². The lowest BCUT2D eigenvalue weighted by molar-refractivity contribution is -0.134. The lowest BCUT2D eigenvalue weighted by atomic mass is 9.98. The van der Waals surface area contributed by atoms with Crippen LogP contribution in [0.15, 0.2) is 6.20 Å². The highest BCUT2D eigenvalue weighted by Crippen LogP contribution is 2.19. The van der Waals surface area contributed by atoms with Gasteiger partial charge in [-0.25, -0.2) is 0 Å². The SMILES string of the molecule is O=C(CN1CCCC1)N1CCC[C@H](Cn2cc(CO)nn2)C1. The predicted molar refractivity (Wildman–Crippen MR) is 80.9 cm³/mol. The van der Waals surface area contributed by atoms with Gasteiger partial charge in [-0.05, 0) is 44.7 Å². The quantitative estimate of drug-likeness (QED) is 0.835. The molecule has 122 valence electrons. The molecular formula is C15H25N5O2. The summed E-state index contributed by atoms with van der Waals surface area (Å²) in [6.07, 6.45) is 6.38. The van der Waals surface area contributed by atoms with Gasteiger partial charge in [0.05, 0.1) is 19.3 Å². The minimum Gasteiger partial charge on any atom is -0.390 e. The molecule has 1 N–H and O–H groups in total. The average molecular weight is 307 g/mol. The summed E-state index contributed by atoms with van der Waals surface area (Å²) in [4.78, 5) is 16.7. The average Bonchev–Trinajstić information content (AvgIpc) is 3.19. The summed E-state index contributed by atoms with van der Waals surface area (Å²) in [6, 6.07) is 0. The Kier molecular flexibility index (Phi) is 5.04. The maximum Gasteiger partial charge on any atom is 0.236 e. The fourth-order valence-electron chi connectivity index (χ4n) is 3.44. The second-order valence-corrected chi connectivity index (χ2v) is 6.42. The van der Waals surface area contributed by atoms with Gasteiger partial charge >= 0.3 is 0 Å². The van der Waals surface area contributed by atoms with Crippen LogP contribution in [0.3, 0.4) is 0 Å². The van der Waals surface area contributed by atoms with E-state index in [0.717, 1.165) is 45.6 Å². The number of likely N-dealkylation sites (tertiary alicyclic amines) is 2. The first-order chi connectivity index (χ1) is 10.7. The lowest BCUT2D eigenvalue weighted by Crippen LogP contribution is -2.45. The number of carbonyl (C=O) groups excluding carboxylic acids is 1. The Morgan fingerprint density at radius 3 is 2.82 bits per heavy atom. The van der Waals surface area contributed by atoms with E-state index < -0.39 is 0 Å². The molecule has 3 heterocycles. The number of piperidine rings is 1. The Morgan fingerprint density at radius 2 is 2.09 bits per heavy atom. The van der Waals surface area contributed by atoms with Crippen molar-refractivity contribution in [3.63, 3.8) is 0 Å². The zero-order chi connectivity index (χ0) is 15.4. The van der Waals surface area contributed by atoms with E-state index in [0.29, 0.717) is 18.2 Å². The Balaban J connectivity index is 1.50. The molecule has 1 aromatic heterocycles. The monoisotopic (exact) mass is 307 g/mol. The minimum absolute atomic E-state index is 0.0783. The largest absolute Gasteiger partial charge is 0.390 e. The highest BCUT2D eigenvalue weighted by atomic mass is 16.3. The summed E-state index contributed by atoms with van der Waals surface area (Å²) in [5, 5.41) is 17.0. The van der Waals surface area contributed by atoms with Gasteiger partial charge in [0.15, 0.2) is 0 Å². The van der Waals surface area contributed by atoms with Gasteiger partial charge in [-0.3, -0.25) is 14.4 Å². The Morgan fingerprint density at radius 1 is 1.27 bits per heavy atom. The number of nitrogens with zero attached hydrogens (tertiary/aromatic N) is 5. The van der Waals surface area contributed by atoms with E-state index in [1.807, 2.05) is 4.90 Å². The van der Waals surface area contributed by atoms with Gasteiger partial charge in [0, 0.05) is 19.6 Å². The summed E-state index contributed by atoms with van der Waals surface area (Å²) in [5.74, 6) is 0.686. The highest BCUT2D eigenvalue weighted by Gasteiger charge is 2.26. The first-order valence-corrected chi connectivity index (χ1v) is 8.24. The molecule has 0 unspecified atom stereocenters. The maximum absolute atomic E-state index is 12.4. The van der Waals surface area contributed by atoms with Crippen molar-refractivity contribution in [2.45, 2.75) is 38.8 Å². The Labute approximate surface area is 130 Å². The van der Waals surface area contributed by atoms with Gasteiger partial charge in [-0.15, -0.1) is 5.10 Å². The Bertz CT molecular complexity index is 498. The van der Waals surface area contributed by atoms with Crippen molar-refractivity contribution in [1.82, 2.24) is 24.8 Å². The minimum atomic E-state index is -0.0783. The van der Waals surface area contributed by atoms with Crippen LogP contribution < -0.4 is 0 Å². The van der Waals surface area contributed by atoms with Crippen LogP contribution in [0.4, 0.5) is 0 Å². The fourth-order valence-corrected chi connectivity index (χ4v) is 3.44. The number of hydrogen-bond acceptors (Lipinski definition) is 5. The maximum atomic E-state index is 12.4. The van der Waals surface area contributed by atoms with E-state index in [4.69, 9.17) is 5.11 Å². The van der Waals surface area contributed by atoms with Crippen LogP contribution in [0.2, 0.25) is 0 Å². The molecule has 7 heteroatoms. The van der Waals surface area contributed by atoms with Gasteiger partial charge in [-0.2, -0.15) is 0 Å². The van der Waals surface area contributed by atoms with E-state index in [2.05, 4.69) is 15.2 Å². The molecule has 0 radical (unpaired) electrons. The molecule has 22 heavy (non-hydrogen) atoms. The van der Waals surface area contributed by atoms with Crippen molar-refractivity contribution in [2.24, 2.45) is 5.92 Å². The molecule has 0 aromatic carbocycles. The van der Waals surface area contributed by atoms with Crippen molar-refractivity contribution in [3.05, 3.63) is 11.9 Å². The number of hydrogen-bond donors (Lipinski definition) is 1. The molecule has 1 amide bonds. The van der Waals surface area contributed by atoms with E-state index in [-0.39, 0.29) is 12.5 Å². The Hall–Kier alpha value is -1.47. The number of aliphatic hydroxyl groups is 1. The molecule has 2 aliphatic rings. The first kappa shape index (κ1) is 15.4. The molecule has 7 nitrogen and oxygen atoms in total. The van der Waals surface area contributed by atoms with Gasteiger partial charge in [-0.1, -0.05) is 5.21 Å². The van der Waals surface area contributed by atoms with Crippen LogP contribution in [0.25, 0.3) is 0 Å². The first-order valence-electron chi connectivity index (χ1n) is 8.24. The molecule has 1 aromatic rings. The van der Waals surface area contributed by atoms with Crippen LogP contribution >= 0.6 is 0 Å². The standard InChI is InChI=1S/C15H25N5O2/c21-12-14-10-20(17-16-14)9-13-4-3-7-19(8-13)15(22)11-18-5-1-2-6-18/h10,13,21H,1-9,11-12H2/t13-/m0/s1. The van der Waals surface area contributed by atoms with Gasteiger partial charge in [0.25, 0.3) is 0 Å². The predicted octanol–water partition coefficient (Wildman–Crippen LogP) is 0.105. The molecule has 0 saturated carbocycles. The molecule has 0 spiro atoms. The lowest BCUT2D eigenvalue weighted by Gasteiger charge is -2.33. The van der Waals surface area contributed by atoms with E-state index in [1.165, 1.54) is 12.8 Å². The van der Waals surface area contributed by atoms with Gasteiger partial charge in [0.2, 0.25) is 5.91 Å². The summed E-state index contributed by atoms with van der Waals surface area (Å²) >= 11 is 0. The molecule has 2 aliphatic heterocycles. The summed E-state index contributed by atoms with van der Waals surface area (Å²) < 4.78 is 1.78. The molecule has 0 bridgehead atoms. The summed E-state index contributed by atoms with van der Waals surface area (Å²) in [7, 11) is 0. The summed E-state index contributed by atoms with van der Waals surface area (Å²) in [5.41, 5.74) is 0.595. The van der Waals surface area contributed by atoms with Crippen LogP contribution in [-0.4, -0.2) is 68.5 Å². The van der Waals surface area contributed by atoms with Crippen LogP contribution in [0, 0.1) is 5.92 Å². The molecule has 2 fully saturated rings. The zero-order valence-corrected chi connectivity index (χ0v) is 13.0. The van der Waals surface area contributed by atoms with E-state index in [1.54, 1.807) is 10.9 Å². The number of carbonyl (C=O) groups is 1. The van der Waals surface area contributed by atoms with E-state index >= 15 is 0 Å². The molecular weight excluding hydrogens is 282 g/mol. The topological polar surface area (TPSA) is 74.5 Å². The molecule has 1 atom stereocenters. The van der Waals surface area contributed by atoms with Crippen LogP contribution in [0.5, 0.6) is 0 Å². The summed E-state index contributed by atoms with van der Waals surface area (Å²) in [6.45, 7) is 5.07. The number of rotatable bonds is 5. The second-order valence-electron chi connectivity index (χ2n) is 6.42. The number of amides is 1. The zero-order valence-electron chi connectivity index (χ0n) is 13.0. The van der Waals surface area contributed by atoms with Gasteiger partial charge in [0.1, 0.15) is 5.69 Å². The molecule has 2 saturated heterocycles. The van der Waals surface area contributed by atoms with E-state index in [9.17, 15) is 4.79 Å². The number of aromatic nitrogens is 3. The fraction of sp³-hybridized carbons (Fsp3) is 0.800. The third-order valence-corrected chi connectivity index (χ3v) is 4.62. The third-order valence-electron chi connectivity index (χ3n) is 4.62. The third kappa shape index (κ3) is 3.84. The van der Waals surface area contributed by atoms with Crippen LogP contribution in [0.1, 0.15) is 31.4 Å². The van der Waals surface area contributed by atoms with Crippen molar-refractivity contribution in [3.8, 4) is 0 Å². The highest BCUT2D eigenvalue weighted by molar-refractivity contribution is 5.78. The molecule has 3 rings (SSSR count). The van der Waals surface area contributed by atoms with Crippen molar-refractivity contribution < 1.29 is 9.90 Å². The van der Waals surface area contributed by atoms with Crippen molar-refractivity contribution >= 4 is 5.91 Å².